The van der Waals surface area contributed by atoms with Crippen molar-refractivity contribution in [2.45, 2.75) is 26.4 Å². The Balaban J connectivity index is 1.99. The van der Waals surface area contributed by atoms with Crippen LogP contribution in [-0.2, 0) is 9.53 Å². The average molecular weight is 396 g/mol. The van der Waals surface area contributed by atoms with Crippen LogP contribution in [0.1, 0.15) is 30.6 Å². The van der Waals surface area contributed by atoms with Gasteiger partial charge in [-0.1, -0.05) is 30.1 Å². The fourth-order valence-electron chi connectivity index (χ4n) is 2.04. The number of nitrogens with one attached hydrogen (secondary N) is 1. The molecule has 0 aliphatic heterocycles. The molecule has 1 N–H and O–H groups in total. The van der Waals surface area contributed by atoms with Crippen LogP contribution in [0.5, 0.6) is 5.75 Å². The van der Waals surface area contributed by atoms with Crippen molar-refractivity contribution in [2.75, 3.05) is 11.9 Å². The molecule has 0 aliphatic rings. The first-order valence-corrected chi connectivity index (χ1v) is 8.86. The monoisotopic (exact) mass is 395 g/mol. The van der Waals surface area contributed by atoms with Crippen molar-refractivity contribution in [3.63, 3.8) is 0 Å². The van der Waals surface area contributed by atoms with Crippen LogP contribution in [0.15, 0.2) is 42.5 Å². The maximum atomic E-state index is 12.3. The molecule has 7 heteroatoms. The molecule has 1 amide bonds. The fourth-order valence-corrected chi connectivity index (χ4v) is 2.38. The number of rotatable bonds is 7. The average Bonchev–Trinajstić information content (AvgIpc) is 2.63. The molecule has 5 nitrogen and oxygen atoms in total. The highest BCUT2D eigenvalue weighted by Gasteiger charge is 2.16. The standard InChI is InChI=1S/C19H19Cl2NO4/c1-3-10-25-19(24)12(2)26-15-7-4-13(5-8-15)18(23)22-17-11-14(20)6-9-16(17)21/h4-9,11-12H,3,10H2,1-2H3,(H,22,23). The molecule has 1 unspecified atom stereocenters. The Labute approximate surface area is 162 Å². The molecule has 0 spiro atoms. The summed E-state index contributed by atoms with van der Waals surface area (Å²) in [5.74, 6) is -0.302. The highest BCUT2D eigenvalue weighted by atomic mass is 35.5. The largest absolute Gasteiger partial charge is 0.479 e. The molecule has 1 atom stereocenters. The molecule has 0 aromatic heterocycles. The van der Waals surface area contributed by atoms with Gasteiger partial charge in [0.1, 0.15) is 5.75 Å². The molecule has 26 heavy (non-hydrogen) atoms. The van der Waals surface area contributed by atoms with Gasteiger partial charge >= 0.3 is 5.97 Å². The molecular weight excluding hydrogens is 377 g/mol. The van der Waals surface area contributed by atoms with Gasteiger partial charge in [0, 0.05) is 10.6 Å². The number of anilines is 1. The van der Waals surface area contributed by atoms with E-state index >= 15 is 0 Å². The zero-order valence-corrected chi connectivity index (χ0v) is 15.9. The summed E-state index contributed by atoms with van der Waals surface area (Å²) in [6, 6.07) is 11.2. The summed E-state index contributed by atoms with van der Waals surface area (Å²) in [5.41, 5.74) is 0.839. The van der Waals surface area contributed by atoms with Gasteiger partial charge in [0.05, 0.1) is 17.3 Å². The SMILES string of the molecule is CCCOC(=O)C(C)Oc1ccc(C(=O)Nc2cc(Cl)ccc2Cl)cc1. The van der Waals surface area contributed by atoms with Crippen LogP contribution >= 0.6 is 23.2 Å². The van der Waals surface area contributed by atoms with E-state index < -0.39 is 12.1 Å². The normalized spacial score (nSPS) is 11.5. The van der Waals surface area contributed by atoms with Gasteiger partial charge in [-0.3, -0.25) is 4.79 Å². The van der Waals surface area contributed by atoms with Crippen LogP contribution in [0.25, 0.3) is 0 Å². The van der Waals surface area contributed by atoms with Crippen LogP contribution in [0.3, 0.4) is 0 Å². The summed E-state index contributed by atoms with van der Waals surface area (Å²) in [7, 11) is 0. The maximum Gasteiger partial charge on any atom is 0.347 e. The van der Waals surface area contributed by atoms with E-state index in [9.17, 15) is 9.59 Å². The Kier molecular flexibility index (Phi) is 7.30. The number of carbonyl (C=O) groups excluding carboxylic acids is 2. The molecule has 0 fully saturated rings. The van der Waals surface area contributed by atoms with E-state index in [4.69, 9.17) is 32.7 Å². The van der Waals surface area contributed by atoms with Gasteiger partial charge in [-0.05, 0) is 55.8 Å². The Morgan fingerprint density at radius 3 is 2.46 bits per heavy atom. The first-order chi connectivity index (χ1) is 12.4. The third-order valence-corrected chi connectivity index (χ3v) is 3.95. The number of halogens is 2. The smallest absolute Gasteiger partial charge is 0.347 e. The van der Waals surface area contributed by atoms with Crippen molar-refractivity contribution in [3.8, 4) is 5.75 Å². The maximum absolute atomic E-state index is 12.3. The van der Waals surface area contributed by atoms with Crippen molar-refractivity contribution in [1.29, 1.82) is 0 Å². The molecule has 0 radical (unpaired) electrons. The van der Waals surface area contributed by atoms with Crippen LogP contribution in [-0.4, -0.2) is 24.6 Å². The molecule has 2 aromatic rings. The van der Waals surface area contributed by atoms with Gasteiger partial charge < -0.3 is 14.8 Å². The lowest BCUT2D eigenvalue weighted by atomic mass is 10.2. The first-order valence-electron chi connectivity index (χ1n) is 8.10. The number of benzene rings is 2. The second kappa shape index (κ2) is 9.46. The minimum atomic E-state index is -0.730. The predicted molar refractivity (Wildman–Crippen MR) is 102 cm³/mol. The molecule has 0 bridgehead atoms. The summed E-state index contributed by atoms with van der Waals surface area (Å²) in [6.07, 6.45) is 0.0188. The third kappa shape index (κ3) is 5.64. The quantitative estimate of drug-likeness (QED) is 0.672. The second-order valence-electron chi connectivity index (χ2n) is 5.53. The second-order valence-corrected chi connectivity index (χ2v) is 6.37. The lowest BCUT2D eigenvalue weighted by molar-refractivity contribution is -0.151. The van der Waals surface area contributed by atoms with Gasteiger partial charge in [-0.25, -0.2) is 4.79 Å². The van der Waals surface area contributed by atoms with Crippen molar-refractivity contribution in [2.24, 2.45) is 0 Å². The van der Waals surface area contributed by atoms with E-state index in [-0.39, 0.29) is 5.91 Å². The molecule has 138 valence electrons. The Morgan fingerprint density at radius 2 is 1.81 bits per heavy atom. The number of esters is 1. The molecule has 0 saturated heterocycles. The number of ether oxygens (including phenoxy) is 2. The molecule has 2 aromatic carbocycles. The zero-order valence-electron chi connectivity index (χ0n) is 14.4. The van der Waals surface area contributed by atoms with E-state index in [1.165, 1.54) is 0 Å². The van der Waals surface area contributed by atoms with Crippen LogP contribution in [0.4, 0.5) is 5.69 Å². The molecular formula is C19H19Cl2NO4. The summed E-state index contributed by atoms with van der Waals surface area (Å²) in [5, 5.41) is 3.56. The topological polar surface area (TPSA) is 64.6 Å². The van der Waals surface area contributed by atoms with E-state index in [0.717, 1.165) is 6.42 Å². The molecule has 0 heterocycles. The summed E-state index contributed by atoms with van der Waals surface area (Å²) in [4.78, 5) is 24.0. The van der Waals surface area contributed by atoms with Crippen molar-refractivity contribution in [3.05, 3.63) is 58.1 Å². The molecule has 0 aliphatic carbocycles. The summed E-state index contributed by atoms with van der Waals surface area (Å²) < 4.78 is 10.5. The lowest BCUT2D eigenvalue weighted by Gasteiger charge is -2.14. The molecule has 0 saturated carbocycles. The number of carbonyl (C=O) groups is 2. The number of hydrogen-bond donors (Lipinski definition) is 1. The first kappa shape index (κ1) is 20.1. The van der Waals surface area contributed by atoms with Gasteiger partial charge in [0.2, 0.25) is 0 Å². The van der Waals surface area contributed by atoms with Gasteiger partial charge in [0.25, 0.3) is 5.91 Å². The van der Waals surface area contributed by atoms with E-state index in [1.54, 1.807) is 49.4 Å². The van der Waals surface area contributed by atoms with E-state index in [0.29, 0.717) is 33.7 Å². The van der Waals surface area contributed by atoms with Crippen LogP contribution in [0, 0.1) is 0 Å². The lowest BCUT2D eigenvalue weighted by Crippen LogP contribution is -2.26. The number of amides is 1. The minimum Gasteiger partial charge on any atom is -0.479 e. The summed E-state index contributed by atoms with van der Waals surface area (Å²) >= 11 is 11.9. The third-order valence-electron chi connectivity index (χ3n) is 3.39. The van der Waals surface area contributed by atoms with Crippen LogP contribution in [0.2, 0.25) is 10.0 Å². The van der Waals surface area contributed by atoms with Gasteiger partial charge in [-0.2, -0.15) is 0 Å². The Hall–Kier alpha value is -2.24. The van der Waals surface area contributed by atoms with Crippen LogP contribution < -0.4 is 10.1 Å². The Bertz CT molecular complexity index is 778. The van der Waals surface area contributed by atoms with Gasteiger partial charge in [-0.15, -0.1) is 0 Å². The molecule has 2 rings (SSSR count). The van der Waals surface area contributed by atoms with E-state index in [2.05, 4.69) is 5.32 Å². The van der Waals surface area contributed by atoms with E-state index in [1.807, 2.05) is 6.92 Å². The highest BCUT2D eigenvalue weighted by Crippen LogP contribution is 2.26. The fraction of sp³-hybridized carbons (Fsp3) is 0.263. The van der Waals surface area contributed by atoms with Crippen molar-refractivity contribution in [1.82, 2.24) is 0 Å². The van der Waals surface area contributed by atoms with Crippen molar-refractivity contribution < 1.29 is 19.1 Å². The number of hydrogen-bond acceptors (Lipinski definition) is 4. The van der Waals surface area contributed by atoms with Crippen molar-refractivity contribution >= 4 is 40.8 Å². The minimum absolute atomic E-state index is 0.337. The zero-order chi connectivity index (χ0) is 19.1. The summed E-state index contributed by atoms with van der Waals surface area (Å²) in [6.45, 7) is 3.89. The highest BCUT2D eigenvalue weighted by molar-refractivity contribution is 6.35. The van der Waals surface area contributed by atoms with Gasteiger partial charge in [0.15, 0.2) is 6.10 Å². The predicted octanol–water partition coefficient (Wildman–Crippen LogP) is 4.97. The Morgan fingerprint density at radius 1 is 1.12 bits per heavy atom.